The van der Waals surface area contributed by atoms with Crippen LogP contribution >= 0.6 is 11.3 Å². The van der Waals surface area contributed by atoms with Gasteiger partial charge in [-0.15, -0.1) is 11.3 Å². The van der Waals surface area contributed by atoms with Gasteiger partial charge in [0.15, 0.2) is 5.13 Å². The molecule has 0 bridgehead atoms. The van der Waals surface area contributed by atoms with E-state index in [2.05, 4.69) is 15.6 Å². The van der Waals surface area contributed by atoms with E-state index >= 15 is 0 Å². The van der Waals surface area contributed by atoms with Crippen LogP contribution in [0.1, 0.15) is 23.3 Å². The van der Waals surface area contributed by atoms with Crippen LogP contribution in [0.3, 0.4) is 0 Å². The highest BCUT2D eigenvalue weighted by Gasteiger charge is 2.25. The molecule has 21 heavy (non-hydrogen) atoms. The minimum atomic E-state index is -0.177. The monoisotopic (exact) mass is 310 g/mol. The zero-order valence-corrected chi connectivity index (χ0v) is 12.4. The molecule has 2 saturated heterocycles. The predicted octanol–water partition coefficient (Wildman–Crippen LogP) is 0.829. The number of amides is 3. The van der Waals surface area contributed by atoms with E-state index in [0.717, 1.165) is 26.1 Å². The first-order chi connectivity index (χ1) is 10.2. The number of carbonyl (C=O) groups excluding carboxylic acids is 2. The Balaban J connectivity index is 1.55. The second-order valence-electron chi connectivity index (χ2n) is 5.16. The van der Waals surface area contributed by atoms with Gasteiger partial charge in [0.05, 0.1) is 0 Å². The summed E-state index contributed by atoms with van der Waals surface area (Å²) in [6.07, 6.45) is 1.97. The lowest BCUT2D eigenvalue weighted by atomic mass is 10.0. The van der Waals surface area contributed by atoms with Gasteiger partial charge in [-0.05, 0) is 18.8 Å². The number of hydrogen-bond donors (Lipinski definition) is 2. The molecule has 3 rings (SSSR count). The minimum Gasteiger partial charge on any atom is -0.381 e. The normalized spacial score (nSPS) is 19.6. The lowest BCUT2D eigenvalue weighted by molar-refractivity contribution is 0.0642. The minimum absolute atomic E-state index is 0.154. The Morgan fingerprint density at radius 2 is 2.33 bits per heavy atom. The highest BCUT2D eigenvalue weighted by atomic mass is 32.1. The Labute approximate surface area is 126 Å². The van der Waals surface area contributed by atoms with Crippen LogP contribution in [0, 0.1) is 5.92 Å². The van der Waals surface area contributed by atoms with Crippen LogP contribution < -0.4 is 15.5 Å². The molecule has 0 atom stereocenters. The van der Waals surface area contributed by atoms with Crippen molar-refractivity contribution in [3.63, 3.8) is 0 Å². The SMILES string of the molecule is O=C(NCC1CCOCC1)c1csc(N2CCNC2=O)n1. The van der Waals surface area contributed by atoms with Crippen molar-refractivity contribution < 1.29 is 14.3 Å². The molecule has 2 N–H and O–H groups in total. The molecule has 3 heterocycles. The summed E-state index contributed by atoms with van der Waals surface area (Å²) in [5.74, 6) is 0.300. The molecule has 0 aliphatic carbocycles. The Bertz CT molecular complexity index is 527. The fourth-order valence-electron chi connectivity index (χ4n) is 2.42. The molecule has 1 aromatic rings. The zero-order valence-electron chi connectivity index (χ0n) is 11.6. The molecular weight excluding hydrogens is 292 g/mol. The molecule has 114 valence electrons. The maximum absolute atomic E-state index is 12.1. The quantitative estimate of drug-likeness (QED) is 0.863. The number of thiazole rings is 1. The van der Waals surface area contributed by atoms with Crippen molar-refractivity contribution in [1.29, 1.82) is 0 Å². The van der Waals surface area contributed by atoms with Crippen LogP contribution in [0.2, 0.25) is 0 Å². The Hall–Kier alpha value is -1.67. The molecular formula is C13H18N4O3S. The highest BCUT2D eigenvalue weighted by Crippen LogP contribution is 2.22. The lowest BCUT2D eigenvalue weighted by Crippen LogP contribution is -2.32. The molecule has 2 aliphatic heterocycles. The number of hydrogen-bond acceptors (Lipinski definition) is 5. The summed E-state index contributed by atoms with van der Waals surface area (Å²) in [6.45, 7) is 3.40. The summed E-state index contributed by atoms with van der Waals surface area (Å²) in [4.78, 5) is 29.4. The molecule has 2 aliphatic rings. The van der Waals surface area contributed by atoms with Crippen molar-refractivity contribution in [2.24, 2.45) is 5.92 Å². The number of carbonyl (C=O) groups is 2. The number of nitrogens with one attached hydrogen (secondary N) is 2. The van der Waals surface area contributed by atoms with Crippen LogP contribution in [0.15, 0.2) is 5.38 Å². The van der Waals surface area contributed by atoms with Crippen molar-refractivity contribution in [3.05, 3.63) is 11.1 Å². The Kier molecular flexibility index (Phi) is 4.35. The second-order valence-corrected chi connectivity index (χ2v) is 6.00. The molecule has 3 amide bonds. The molecule has 2 fully saturated rings. The van der Waals surface area contributed by atoms with Gasteiger partial charge >= 0.3 is 6.03 Å². The van der Waals surface area contributed by atoms with E-state index in [9.17, 15) is 9.59 Å². The summed E-state index contributed by atoms with van der Waals surface area (Å²) < 4.78 is 5.29. The van der Waals surface area contributed by atoms with Gasteiger partial charge in [0.2, 0.25) is 0 Å². The summed E-state index contributed by atoms with van der Waals surface area (Å²) in [5, 5.41) is 7.90. The van der Waals surface area contributed by atoms with Crippen LogP contribution in [0.4, 0.5) is 9.93 Å². The van der Waals surface area contributed by atoms with Crippen molar-refractivity contribution in [2.75, 3.05) is 37.7 Å². The second kappa shape index (κ2) is 6.40. The Morgan fingerprint density at radius 3 is 3.05 bits per heavy atom. The number of anilines is 1. The maximum Gasteiger partial charge on any atom is 0.323 e. The van der Waals surface area contributed by atoms with Crippen molar-refractivity contribution in [2.45, 2.75) is 12.8 Å². The van der Waals surface area contributed by atoms with E-state index in [0.29, 0.717) is 36.4 Å². The van der Waals surface area contributed by atoms with Gasteiger partial charge in [-0.25, -0.2) is 9.78 Å². The zero-order chi connectivity index (χ0) is 14.7. The van der Waals surface area contributed by atoms with Crippen molar-refractivity contribution in [3.8, 4) is 0 Å². The summed E-state index contributed by atoms with van der Waals surface area (Å²) in [7, 11) is 0. The van der Waals surface area contributed by atoms with Gasteiger partial charge in [0.1, 0.15) is 5.69 Å². The third kappa shape index (κ3) is 3.33. The number of rotatable bonds is 4. The van der Waals surface area contributed by atoms with Crippen molar-refractivity contribution in [1.82, 2.24) is 15.6 Å². The fraction of sp³-hybridized carbons (Fsp3) is 0.615. The molecule has 7 nitrogen and oxygen atoms in total. The third-order valence-corrected chi connectivity index (χ3v) is 4.57. The summed E-state index contributed by atoms with van der Waals surface area (Å²) in [5.41, 5.74) is 0.377. The van der Waals surface area contributed by atoms with E-state index in [4.69, 9.17) is 4.74 Å². The molecule has 1 aromatic heterocycles. The van der Waals surface area contributed by atoms with Gasteiger partial charge in [-0.3, -0.25) is 9.69 Å². The predicted molar refractivity (Wildman–Crippen MR) is 78.7 cm³/mol. The topological polar surface area (TPSA) is 83.6 Å². The summed E-state index contributed by atoms with van der Waals surface area (Å²) >= 11 is 1.31. The third-order valence-electron chi connectivity index (χ3n) is 3.70. The smallest absolute Gasteiger partial charge is 0.323 e. The van der Waals surface area contributed by atoms with Gasteiger partial charge in [-0.2, -0.15) is 0 Å². The number of nitrogens with zero attached hydrogens (tertiary/aromatic N) is 2. The van der Waals surface area contributed by atoms with Crippen LogP contribution in [-0.2, 0) is 4.74 Å². The maximum atomic E-state index is 12.1. The first kappa shape index (κ1) is 14.3. The summed E-state index contributed by atoms with van der Waals surface area (Å²) in [6, 6.07) is -0.154. The molecule has 0 unspecified atom stereocenters. The van der Waals surface area contributed by atoms with E-state index in [1.165, 1.54) is 11.3 Å². The van der Waals surface area contributed by atoms with Crippen LogP contribution in [0.5, 0.6) is 0 Å². The van der Waals surface area contributed by atoms with Gasteiger partial charge in [0.25, 0.3) is 5.91 Å². The van der Waals surface area contributed by atoms with E-state index in [1.54, 1.807) is 10.3 Å². The number of urea groups is 1. The highest BCUT2D eigenvalue weighted by molar-refractivity contribution is 7.14. The fourth-order valence-corrected chi connectivity index (χ4v) is 3.25. The average Bonchev–Trinajstić information content (AvgIpc) is 3.14. The lowest BCUT2D eigenvalue weighted by Gasteiger charge is -2.21. The number of aromatic nitrogens is 1. The van der Waals surface area contributed by atoms with E-state index in [-0.39, 0.29) is 11.9 Å². The van der Waals surface area contributed by atoms with Crippen molar-refractivity contribution >= 4 is 28.4 Å². The molecule has 0 radical (unpaired) electrons. The van der Waals surface area contributed by atoms with Crippen LogP contribution in [-0.4, -0.2) is 49.8 Å². The van der Waals surface area contributed by atoms with Gasteiger partial charge in [-0.1, -0.05) is 0 Å². The Morgan fingerprint density at radius 1 is 1.52 bits per heavy atom. The van der Waals surface area contributed by atoms with Crippen LogP contribution in [0.25, 0.3) is 0 Å². The number of ether oxygens (including phenoxy) is 1. The standard InChI is InChI=1S/C13H18N4O3S/c18-11(15-7-9-1-5-20-6-2-9)10-8-21-13(16-10)17-4-3-14-12(17)19/h8-9H,1-7H2,(H,14,19)(H,15,18). The average molecular weight is 310 g/mol. The molecule has 0 spiro atoms. The largest absolute Gasteiger partial charge is 0.381 e. The molecule has 8 heteroatoms. The van der Waals surface area contributed by atoms with Gasteiger partial charge < -0.3 is 15.4 Å². The first-order valence-electron chi connectivity index (χ1n) is 7.11. The van der Waals surface area contributed by atoms with Gasteiger partial charge in [0, 0.05) is 38.2 Å². The molecule has 0 saturated carbocycles. The molecule has 0 aromatic carbocycles. The van der Waals surface area contributed by atoms with E-state index < -0.39 is 0 Å². The first-order valence-corrected chi connectivity index (χ1v) is 7.99. The van der Waals surface area contributed by atoms with E-state index in [1.807, 2.05) is 0 Å².